The molecule has 0 saturated carbocycles. The minimum Gasteiger partial charge on any atom is -0.595 e. The first-order chi connectivity index (χ1) is 6.49. The maximum absolute atomic E-state index is 11.2. The number of rotatable bonds is 3. The zero-order valence-electron chi connectivity index (χ0n) is 6.77. The van der Waals surface area contributed by atoms with Gasteiger partial charge >= 0.3 is 0 Å². The number of para-hydroxylation sites is 1. The van der Waals surface area contributed by atoms with Crippen molar-refractivity contribution in [2.45, 2.75) is 4.90 Å². The van der Waals surface area contributed by atoms with Gasteiger partial charge in [0.15, 0.2) is 5.69 Å². The Bertz CT molecular complexity index is 420. The summed E-state index contributed by atoms with van der Waals surface area (Å²) in [6.07, 6.45) is 0. The van der Waals surface area contributed by atoms with Gasteiger partial charge in [0.05, 0.1) is 0 Å². The van der Waals surface area contributed by atoms with Crippen LogP contribution in [0, 0.1) is 5.21 Å². The number of halogens is 1. The molecule has 1 aromatic carbocycles. The summed E-state index contributed by atoms with van der Waals surface area (Å²) in [7, 11) is -3.94. The fourth-order valence-corrected chi connectivity index (χ4v) is 1.95. The fourth-order valence-electron chi connectivity index (χ4n) is 0.919. The molecular formula is C6H7ClN2O4S. The number of nitrogens with one attached hydrogen (secondary N) is 2. The van der Waals surface area contributed by atoms with E-state index >= 15 is 0 Å². The third kappa shape index (κ3) is 2.21. The van der Waals surface area contributed by atoms with Gasteiger partial charge in [-0.2, -0.15) is 5.23 Å². The van der Waals surface area contributed by atoms with Crippen molar-refractivity contribution in [3.8, 4) is 0 Å². The molecule has 0 saturated heterocycles. The summed E-state index contributed by atoms with van der Waals surface area (Å²) >= 11 is 4.97. The molecule has 1 rings (SSSR count). The van der Waals surface area contributed by atoms with Crippen LogP contribution in [-0.2, 0) is 10.0 Å². The van der Waals surface area contributed by atoms with Crippen LogP contribution in [0.1, 0.15) is 0 Å². The van der Waals surface area contributed by atoms with Crippen LogP contribution in [0.15, 0.2) is 29.2 Å². The zero-order valence-corrected chi connectivity index (χ0v) is 8.34. The number of hydrogen-bond acceptors (Lipinski definition) is 4. The molecule has 0 heterocycles. The Morgan fingerprint density at radius 2 is 2.00 bits per heavy atom. The van der Waals surface area contributed by atoms with E-state index in [1.807, 2.05) is 0 Å². The van der Waals surface area contributed by atoms with E-state index in [0.29, 0.717) is 0 Å². The Balaban J connectivity index is 3.35. The lowest BCUT2D eigenvalue weighted by Crippen LogP contribution is -2.99. The van der Waals surface area contributed by atoms with Crippen molar-refractivity contribution < 1.29 is 18.9 Å². The van der Waals surface area contributed by atoms with Crippen molar-refractivity contribution in [1.29, 1.82) is 0 Å². The first-order valence-electron chi connectivity index (χ1n) is 3.44. The Hall–Kier alpha value is -0.700. The lowest BCUT2D eigenvalue weighted by atomic mass is 10.3. The van der Waals surface area contributed by atoms with Crippen LogP contribution >= 0.6 is 11.8 Å². The Morgan fingerprint density at radius 1 is 1.43 bits per heavy atom. The Kier molecular flexibility index (Phi) is 3.43. The molecule has 0 aliphatic rings. The second-order valence-electron chi connectivity index (χ2n) is 2.38. The lowest BCUT2D eigenvalue weighted by Gasteiger charge is -2.14. The third-order valence-corrected chi connectivity index (χ3v) is 3.26. The maximum Gasteiger partial charge on any atom is 0.259 e. The topological polar surface area (TPSA) is 93.9 Å². The third-order valence-electron chi connectivity index (χ3n) is 1.51. The molecule has 8 heteroatoms. The van der Waals surface area contributed by atoms with Crippen LogP contribution in [0.5, 0.6) is 0 Å². The van der Waals surface area contributed by atoms with Gasteiger partial charge in [0.1, 0.15) is 4.90 Å². The smallest absolute Gasteiger partial charge is 0.259 e. The van der Waals surface area contributed by atoms with E-state index in [0.717, 1.165) is 6.07 Å². The predicted octanol–water partition coefficient (Wildman–Crippen LogP) is -0.478. The van der Waals surface area contributed by atoms with Crippen molar-refractivity contribution in [2.24, 2.45) is 0 Å². The van der Waals surface area contributed by atoms with Crippen LogP contribution in [0.25, 0.3) is 0 Å². The minimum absolute atomic E-state index is 0.319. The van der Waals surface area contributed by atoms with Crippen molar-refractivity contribution in [3.05, 3.63) is 29.5 Å². The normalized spacial score (nSPS) is 13.9. The van der Waals surface area contributed by atoms with Crippen LogP contribution in [0.4, 0.5) is 5.69 Å². The van der Waals surface area contributed by atoms with Crippen LogP contribution in [-0.4, -0.2) is 13.6 Å². The van der Waals surface area contributed by atoms with Gasteiger partial charge < -0.3 is 5.21 Å². The summed E-state index contributed by atoms with van der Waals surface area (Å²) in [4.78, 5) is -0.359. The fraction of sp³-hybridized carbons (Fsp3) is 0. The van der Waals surface area contributed by atoms with E-state index in [1.165, 1.54) is 22.4 Å². The first-order valence-corrected chi connectivity index (χ1v) is 5.30. The summed E-state index contributed by atoms with van der Waals surface area (Å²) < 4.78 is 24.0. The van der Waals surface area contributed by atoms with Crippen LogP contribution < -0.4 is 9.47 Å². The van der Waals surface area contributed by atoms with Crippen molar-refractivity contribution in [3.63, 3.8) is 0 Å². The van der Waals surface area contributed by atoms with Gasteiger partial charge in [0, 0.05) is 6.07 Å². The average Bonchev–Trinajstić information content (AvgIpc) is 2.18. The molecule has 0 aliphatic heterocycles. The highest BCUT2D eigenvalue weighted by Crippen LogP contribution is 2.16. The quantitative estimate of drug-likeness (QED) is 0.490. The molecule has 0 bridgehead atoms. The second kappa shape index (κ2) is 4.22. The molecular weight excluding hydrogens is 232 g/mol. The molecule has 1 unspecified atom stereocenters. The minimum atomic E-state index is -3.94. The van der Waals surface area contributed by atoms with Crippen molar-refractivity contribution >= 4 is 27.5 Å². The molecule has 0 radical (unpaired) electrons. The van der Waals surface area contributed by atoms with Gasteiger partial charge in [-0.1, -0.05) is 12.1 Å². The highest BCUT2D eigenvalue weighted by molar-refractivity contribution is 7.90. The summed E-state index contributed by atoms with van der Waals surface area (Å²) in [5.41, 5.74) is -0.319. The van der Waals surface area contributed by atoms with E-state index in [4.69, 9.17) is 17.0 Å². The Morgan fingerprint density at radius 3 is 2.50 bits per heavy atom. The van der Waals surface area contributed by atoms with Gasteiger partial charge in [-0.25, -0.2) is 13.6 Å². The predicted molar refractivity (Wildman–Crippen MR) is 48.4 cm³/mol. The highest BCUT2D eigenvalue weighted by atomic mass is 35.5. The molecule has 3 N–H and O–H groups in total. The van der Waals surface area contributed by atoms with Gasteiger partial charge in [-0.15, -0.1) is 4.24 Å². The van der Waals surface area contributed by atoms with Crippen molar-refractivity contribution in [1.82, 2.24) is 4.24 Å². The van der Waals surface area contributed by atoms with Gasteiger partial charge in [0.25, 0.3) is 10.0 Å². The molecule has 14 heavy (non-hydrogen) atoms. The van der Waals surface area contributed by atoms with E-state index in [1.54, 1.807) is 0 Å². The SMILES string of the molecule is O=S(=O)(NCl)c1ccccc1[NH+]([O-])O. The second-order valence-corrected chi connectivity index (χ2v) is 4.45. The molecule has 1 atom stereocenters. The largest absolute Gasteiger partial charge is 0.595 e. The van der Waals surface area contributed by atoms with Crippen LogP contribution in [0.3, 0.4) is 0 Å². The van der Waals surface area contributed by atoms with Crippen molar-refractivity contribution in [2.75, 3.05) is 0 Å². The monoisotopic (exact) mass is 238 g/mol. The number of benzene rings is 1. The summed E-state index contributed by atoms with van der Waals surface area (Å²) in [5.74, 6) is 0. The molecule has 0 aliphatic carbocycles. The number of sulfonamides is 1. The van der Waals surface area contributed by atoms with E-state index in [-0.39, 0.29) is 10.6 Å². The van der Waals surface area contributed by atoms with Gasteiger partial charge in [0.2, 0.25) is 0 Å². The van der Waals surface area contributed by atoms with E-state index < -0.39 is 15.2 Å². The van der Waals surface area contributed by atoms with Gasteiger partial charge in [-0.05, 0) is 17.8 Å². The van der Waals surface area contributed by atoms with E-state index in [9.17, 15) is 13.6 Å². The maximum atomic E-state index is 11.2. The molecule has 1 aromatic rings. The highest BCUT2D eigenvalue weighted by Gasteiger charge is 2.20. The molecule has 78 valence electrons. The summed E-state index contributed by atoms with van der Waals surface area (Å²) in [6, 6.07) is 5.18. The van der Waals surface area contributed by atoms with Crippen LogP contribution in [0.2, 0.25) is 0 Å². The zero-order chi connectivity index (χ0) is 10.8. The molecule has 6 nitrogen and oxygen atoms in total. The molecule has 0 amide bonds. The number of hydrogen-bond donors (Lipinski definition) is 3. The van der Waals surface area contributed by atoms with E-state index in [2.05, 4.69) is 0 Å². The summed E-state index contributed by atoms with van der Waals surface area (Å²) in [5, 5.41) is 18.0. The average molecular weight is 239 g/mol. The standard InChI is InChI=1S/C6H7ClN2O4S/c7-8-14(12,13)6-4-2-1-3-5(6)9(10)11/h1-4,8-10H. The number of quaternary nitrogens is 1. The summed E-state index contributed by atoms with van der Waals surface area (Å²) in [6.45, 7) is 0. The lowest BCUT2D eigenvalue weighted by molar-refractivity contribution is -0.992. The molecule has 0 aromatic heterocycles. The first kappa shape index (κ1) is 11.4. The molecule has 0 fully saturated rings. The Labute approximate surface area is 85.4 Å². The molecule has 0 spiro atoms. The van der Waals surface area contributed by atoms with Gasteiger partial charge in [-0.3, -0.25) is 0 Å².